The van der Waals surface area contributed by atoms with E-state index in [1.165, 1.54) is 5.56 Å². The second-order valence-corrected chi connectivity index (χ2v) is 8.45. The van der Waals surface area contributed by atoms with Crippen molar-refractivity contribution in [2.75, 3.05) is 14.1 Å². The summed E-state index contributed by atoms with van der Waals surface area (Å²) in [5, 5.41) is 11.7. The standard InChI is InChI=1S/C22H22ClN5S/c1-15(27(2)3)21-25-26-22(28(21)19-11-9-18(23)10-12-19)29-14-17-7-4-6-16-8-5-13-24-20(16)17/h4-13,15H,14H2,1-3H3. The summed E-state index contributed by atoms with van der Waals surface area (Å²) >= 11 is 7.76. The van der Waals surface area contributed by atoms with Gasteiger partial charge in [0.2, 0.25) is 0 Å². The lowest BCUT2D eigenvalue weighted by molar-refractivity contribution is 0.305. The monoisotopic (exact) mass is 423 g/mol. The van der Waals surface area contributed by atoms with Gasteiger partial charge in [-0.05, 0) is 56.9 Å². The molecule has 0 saturated heterocycles. The van der Waals surface area contributed by atoms with E-state index in [4.69, 9.17) is 11.6 Å². The maximum absolute atomic E-state index is 6.10. The number of nitrogens with zero attached hydrogens (tertiary/aromatic N) is 5. The molecule has 1 atom stereocenters. The SMILES string of the molecule is CC(c1nnc(SCc2cccc3cccnc23)n1-c1ccc(Cl)cc1)N(C)C. The summed E-state index contributed by atoms with van der Waals surface area (Å²) in [6.07, 6.45) is 1.84. The molecule has 0 fully saturated rings. The van der Waals surface area contributed by atoms with Crippen LogP contribution >= 0.6 is 23.4 Å². The minimum atomic E-state index is 0.117. The van der Waals surface area contributed by atoms with Crippen LogP contribution in [0.2, 0.25) is 5.02 Å². The normalized spacial score (nSPS) is 12.6. The molecule has 148 valence electrons. The zero-order valence-corrected chi connectivity index (χ0v) is 18.2. The quantitative estimate of drug-likeness (QED) is 0.389. The average molecular weight is 424 g/mol. The summed E-state index contributed by atoms with van der Waals surface area (Å²) in [4.78, 5) is 6.69. The van der Waals surface area contributed by atoms with Gasteiger partial charge in [-0.1, -0.05) is 47.6 Å². The molecule has 0 saturated carbocycles. The Kier molecular flexibility index (Phi) is 5.85. The van der Waals surface area contributed by atoms with Gasteiger partial charge in [0.25, 0.3) is 0 Å². The molecule has 4 rings (SSSR count). The van der Waals surface area contributed by atoms with Gasteiger partial charge in [-0.25, -0.2) is 0 Å². The van der Waals surface area contributed by atoms with E-state index in [-0.39, 0.29) is 6.04 Å². The van der Waals surface area contributed by atoms with Crippen LogP contribution in [0.5, 0.6) is 0 Å². The average Bonchev–Trinajstić information content (AvgIpc) is 3.16. The third kappa shape index (κ3) is 4.15. The highest BCUT2D eigenvalue weighted by Crippen LogP contribution is 2.30. The lowest BCUT2D eigenvalue weighted by atomic mass is 10.1. The second-order valence-electron chi connectivity index (χ2n) is 7.07. The van der Waals surface area contributed by atoms with E-state index in [1.54, 1.807) is 11.8 Å². The van der Waals surface area contributed by atoms with Gasteiger partial charge < -0.3 is 0 Å². The summed E-state index contributed by atoms with van der Waals surface area (Å²) < 4.78 is 2.12. The fourth-order valence-electron chi connectivity index (χ4n) is 3.14. The number of halogens is 1. The number of thioether (sulfide) groups is 1. The lowest BCUT2D eigenvalue weighted by Gasteiger charge is -2.20. The molecule has 2 aromatic carbocycles. The minimum absolute atomic E-state index is 0.117. The predicted molar refractivity (Wildman–Crippen MR) is 120 cm³/mol. The van der Waals surface area contributed by atoms with Gasteiger partial charge in [-0.15, -0.1) is 10.2 Å². The van der Waals surface area contributed by atoms with Crippen molar-refractivity contribution in [1.29, 1.82) is 0 Å². The Morgan fingerprint density at radius 3 is 2.55 bits per heavy atom. The van der Waals surface area contributed by atoms with Gasteiger partial charge in [0.05, 0.1) is 11.6 Å². The van der Waals surface area contributed by atoms with Crippen LogP contribution in [0.15, 0.2) is 66.0 Å². The fraction of sp³-hybridized carbons (Fsp3) is 0.227. The molecule has 0 amide bonds. The van der Waals surface area contributed by atoms with Crippen molar-refractivity contribution in [3.05, 3.63) is 77.2 Å². The molecule has 0 aliphatic carbocycles. The third-order valence-electron chi connectivity index (χ3n) is 4.96. The summed E-state index contributed by atoms with van der Waals surface area (Å²) in [5.74, 6) is 1.66. The molecule has 0 aliphatic rings. The van der Waals surface area contributed by atoms with E-state index in [0.717, 1.165) is 33.3 Å². The lowest BCUT2D eigenvalue weighted by Crippen LogP contribution is -2.20. The number of para-hydroxylation sites is 1. The maximum atomic E-state index is 6.10. The number of aromatic nitrogens is 4. The maximum Gasteiger partial charge on any atom is 0.196 e. The van der Waals surface area contributed by atoms with Crippen LogP contribution in [0, 0.1) is 0 Å². The largest absolute Gasteiger partial charge is 0.300 e. The molecule has 0 bridgehead atoms. The minimum Gasteiger partial charge on any atom is -0.300 e. The van der Waals surface area contributed by atoms with E-state index < -0.39 is 0 Å². The Hall–Kier alpha value is -2.41. The Balaban J connectivity index is 1.71. The Morgan fingerprint density at radius 2 is 1.79 bits per heavy atom. The van der Waals surface area contributed by atoms with Gasteiger partial charge >= 0.3 is 0 Å². The Labute approximate surface area is 179 Å². The van der Waals surface area contributed by atoms with Gasteiger partial charge in [0.1, 0.15) is 0 Å². The summed E-state index contributed by atoms with van der Waals surface area (Å²) in [6.45, 7) is 2.12. The topological polar surface area (TPSA) is 46.8 Å². The van der Waals surface area contributed by atoms with Crippen molar-refractivity contribution in [2.45, 2.75) is 23.9 Å². The first kappa shape index (κ1) is 19.9. The smallest absolute Gasteiger partial charge is 0.196 e. The molecular weight excluding hydrogens is 402 g/mol. The van der Waals surface area contributed by atoms with Crippen molar-refractivity contribution in [2.24, 2.45) is 0 Å². The second kappa shape index (κ2) is 8.53. The van der Waals surface area contributed by atoms with Crippen molar-refractivity contribution >= 4 is 34.3 Å². The number of pyridine rings is 1. The first-order valence-electron chi connectivity index (χ1n) is 9.37. The van der Waals surface area contributed by atoms with E-state index in [2.05, 4.69) is 55.8 Å². The van der Waals surface area contributed by atoms with Crippen LogP contribution in [0.1, 0.15) is 24.4 Å². The van der Waals surface area contributed by atoms with Crippen molar-refractivity contribution in [3.8, 4) is 5.69 Å². The third-order valence-corrected chi connectivity index (χ3v) is 6.19. The molecule has 2 heterocycles. The Bertz CT molecular complexity index is 1120. The van der Waals surface area contributed by atoms with E-state index >= 15 is 0 Å². The van der Waals surface area contributed by atoms with Crippen LogP contribution in [0.4, 0.5) is 0 Å². The highest BCUT2D eigenvalue weighted by Gasteiger charge is 2.21. The zero-order chi connectivity index (χ0) is 20.4. The van der Waals surface area contributed by atoms with Crippen molar-refractivity contribution in [1.82, 2.24) is 24.6 Å². The Morgan fingerprint density at radius 1 is 1.03 bits per heavy atom. The van der Waals surface area contributed by atoms with E-state index in [9.17, 15) is 0 Å². The number of hydrogen-bond acceptors (Lipinski definition) is 5. The molecule has 0 N–H and O–H groups in total. The predicted octanol–water partition coefficient (Wildman–Crippen LogP) is 5.38. The van der Waals surface area contributed by atoms with Gasteiger partial charge in [0, 0.05) is 28.0 Å². The van der Waals surface area contributed by atoms with Crippen LogP contribution in [-0.2, 0) is 5.75 Å². The summed E-state index contributed by atoms with van der Waals surface area (Å²) in [5.41, 5.74) is 3.21. The summed E-state index contributed by atoms with van der Waals surface area (Å²) in [7, 11) is 4.08. The highest BCUT2D eigenvalue weighted by molar-refractivity contribution is 7.98. The van der Waals surface area contributed by atoms with Crippen LogP contribution in [0.25, 0.3) is 16.6 Å². The van der Waals surface area contributed by atoms with Crippen molar-refractivity contribution in [3.63, 3.8) is 0 Å². The molecule has 5 nitrogen and oxygen atoms in total. The first-order valence-corrected chi connectivity index (χ1v) is 10.7. The molecule has 0 radical (unpaired) electrons. The molecule has 7 heteroatoms. The van der Waals surface area contributed by atoms with Gasteiger partial charge in [-0.3, -0.25) is 14.5 Å². The number of hydrogen-bond donors (Lipinski definition) is 0. The highest BCUT2D eigenvalue weighted by atomic mass is 35.5. The van der Waals surface area contributed by atoms with Crippen LogP contribution < -0.4 is 0 Å². The number of fused-ring (bicyclic) bond motifs is 1. The van der Waals surface area contributed by atoms with E-state index in [1.807, 2.05) is 50.6 Å². The molecule has 4 aromatic rings. The fourth-order valence-corrected chi connectivity index (χ4v) is 4.21. The molecule has 1 unspecified atom stereocenters. The molecule has 0 aliphatic heterocycles. The zero-order valence-electron chi connectivity index (χ0n) is 16.6. The van der Waals surface area contributed by atoms with Gasteiger partial charge in [-0.2, -0.15) is 0 Å². The molecule has 2 aromatic heterocycles. The molecule has 29 heavy (non-hydrogen) atoms. The van der Waals surface area contributed by atoms with Crippen LogP contribution in [-0.4, -0.2) is 38.7 Å². The molecular formula is C22H22ClN5S. The first-order chi connectivity index (χ1) is 14.0. The van der Waals surface area contributed by atoms with Gasteiger partial charge in [0.15, 0.2) is 11.0 Å². The van der Waals surface area contributed by atoms with Crippen LogP contribution in [0.3, 0.4) is 0 Å². The van der Waals surface area contributed by atoms with Crippen molar-refractivity contribution < 1.29 is 0 Å². The number of rotatable bonds is 6. The van der Waals surface area contributed by atoms with E-state index in [0.29, 0.717) is 5.02 Å². The summed E-state index contributed by atoms with van der Waals surface area (Å²) in [6, 6.07) is 18.2. The number of benzene rings is 2. The molecule has 0 spiro atoms.